The molecule has 1 unspecified atom stereocenters. The van der Waals surface area contributed by atoms with Crippen molar-refractivity contribution in [2.24, 2.45) is 0 Å². The Morgan fingerprint density at radius 2 is 2.06 bits per heavy atom. The van der Waals surface area contributed by atoms with Crippen molar-refractivity contribution in [1.82, 2.24) is 9.78 Å². The summed E-state index contributed by atoms with van der Waals surface area (Å²) in [6, 6.07) is 9.44. The summed E-state index contributed by atoms with van der Waals surface area (Å²) < 4.78 is 1.45. The first-order valence-corrected chi connectivity index (χ1v) is 5.13. The minimum absolute atomic E-state index is 0.0753. The highest BCUT2D eigenvalue weighted by molar-refractivity contribution is 5.52. The summed E-state index contributed by atoms with van der Waals surface area (Å²) in [4.78, 5) is 10.1. The fraction of sp³-hybridized carbons (Fsp3) is 0.182. The van der Waals surface area contributed by atoms with Crippen LogP contribution in [0.3, 0.4) is 0 Å². The van der Waals surface area contributed by atoms with Crippen LogP contribution in [0, 0.1) is 10.1 Å². The molecule has 1 heterocycles. The lowest BCUT2D eigenvalue weighted by Gasteiger charge is -2.13. The normalized spacial score (nSPS) is 12.3. The number of rotatable bonds is 3. The molecule has 17 heavy (non-hydrogen) atoms. The number of nitrogen functional groups attached to an aromatic ring is 1. The summed E-state index contributed by atoms with van der Waals surface area (Å²) in [7, 11) is 0. The Morgan fingerprint density at radius 1 is 1.41 bits per heavy atom. The Hall–Kier alpha value is -2.37. The fourth-order valence-corrected chi connectivity index (χ4v) is 1.68. The minimum atomic E-state index is -0.531. The van der Waals surface area contributed by atoms with E-state index in [9.17, 15) is 10.1 Å². The lowest BCUT2D eigenvalue weighted by atomic mass is 10.1. The highest BCUT2D eigenvalue weighted by atomic mass is 16.6. The van der Waals surface area contributed by atoms with Crippen LogP contribution in [0.15, 0.2) is 36.5 Å². The van der Waals surface area contributed by atoms with Crippen molar-refractivity contribution < 1.29 is 4.92 Å². The van der Waals surface area contributed by atoms with Crippen molar-refractivity contribution in [1.29, 1.82) is 0 Å². The molecule has 6 nitrogen and oxygen atoms in total. The van der Waals surface area contributed by atoms with Crippen molar-refractivity contribution in [3.05, 3.63) is 52.2 Å². The van der Waals surface area contributed by atoms with E-state index in [1.165, 1.54) is 10.9 Å². The number of hydrogen-bond acceptors (Lipinski definition) is 4. The largest absolute Gasteiger partial charge is 0.378 e. The molecule has 0 saturated carbocycles. The number of nitrogens with zero attached hydrogens (tertiary/aromatic N) is 3. The Labute approximate surface area is 97.8 Å². The van der Waals surface area contributed by atoms with Gasteiger partial charge in [0.1, 0.15) is 6.20 Å². The third-order valence-electron chi connectivity index (χ3n) is 2.66. The first-order valence-electron chi connectivity index (χ1n) is 5.13. The van der Waals surface area contributed by atoms with Gasteiger partial charge in [-0.05, 0) is 12.5 Å². The van der Waals surface area contributed by atoms with Crippen molar-refractivity contribution in [2.45, 2.75) is 13.0 Å². The molecule has 1 aromatic carbocycles. The van der Waals surface area contributed by atoms with E-state index in [1.807, 2.05) is 37.3 Å². The number of anilines is 1. The second kappa shape index (κ2) is 4.25. The third kappa shape index (κ3) is 1.96. The van der Waals surface area contributed by atoms with Gasteiger partial charge in [0.15, 0.2) is 0 Å². The summed E-state index contributed by atoms with van der Waals surface area (Å²) in [6.45, 7) is 1.89. The zero-order chi connectivity index (χ0) is 12.4. The van der Waals surface area contributed by atoms with Crippen LogP contribution < -0.4 is 5.73 Å². The molecule has 2 rings (SSSR count). The average molecular weight is 232 g/mol. The molecular formula is C11H12N4O2. The quantitative estimate of drug-likeness (QED) is 0.647. The van der Waals surface area contributed by atoms with E-state index >= 15 is 0 Å². The standard InChI is InChI=1S/C11H12N4O2/c1-8(9-5-3-2-4-6-9)14-11(12)10(7-13-14)15(16)17/h2-8H,12H2,1H3. The van der Waals surface area contributed by atoms with Crippen LogP contribution in [-0.4, -0.2) is 14.7 Å². The lowest BCUT2D eigenvalue weighted by Crippen LogP contribution is -2.11. The summed E-state index contributed by atoms with van der Waals surface area (Å²) in [5.74, 6) is 0.0753. The Balaban J connectivity index is 2.39. The van der Waals surface area contributed by atoms with Crippen LogP contribution in [0.4, 0.5) is 11.5 Å². The Morgan fingerprint density at radius 3 is 2.59 bits per heavy atom. The second-order valence-corrected chi connectivity index (χ2v) is 3.70. The average Bonchev–Trinajstić information content (AvgIpc) is 2.71. The number of hydrogen-bond donors (Lipinski definition) is 1. The summed E-state index contributed by atoms with van der Waals surface area (Å²) in [5.41, 5.74) is 6.54. The van der Waals surface area contributed by atoms with Gasteiger partial charge in [0.25, 0.3) is 0 Å². The van der Waals surface area contributed by atoms with Crippen molar-refractivity contribution in [3.8, 4) is 0 Å². The molecule has 1 aromatic heterocycles. The SMILES string of the molecule is CC(c1ccccc1)n1ncc([N+](=O)[O-])c1N. The second-order valence-electron chi connectivity index (χ2n) is 3.70. The monoisotopic (exact) mass is 232 g/mol. The number of benzene rings is 1. The summed E-state index contributed by atoms with van der Waals surface area (Å²) in [5, 5.41) is 14.6. The summed E-state index contributed by atoms with van der Waals surface area (Å²) >= 11 is 0. The molecule has 0 aliphatic heterocycles. The third-order valence-corrected chi connectivity index (χ3v) is 2.66. The van der Waals surface area contributed by atoms with Crippen LogP contribution in [0.25, 0.3) is 0 Å². The number of nitrogens with two attached hydrogens (primary N) is 1. The van der Waals surface area contributed by atoms with Crippen LogP contribution in [0.2, 0.25) is 0 Å². The van der Waals surface area contributed by atoms with Crippen molar-refractivity contribution >= 4 is 11.5 Å². The minimum Gasteiger partial charge on any atom is -0.378 e. The van der Waals surface area contributed by atoms with E-state index in [0.717, 1.165) is 5.56 Å². The van der Waals surface area contributed by atoms with Gasteiger partial charge in [-0.3, -0.25) is 10.1 Å². The molecule has 0 radical (unpaired) electrons. The molecule has 2 aromatic rings. The smallest absolute Gasteiger partial charge is 0.330 e. The van der Waals surface area contributed by atoms with E-state index in [0.29, 0.717) is 0 Å². The van der Waals surface area contributed by atoms with Crippen LogP contribution in [-0.2, 0) is 0 Å². The van der Waals surface area contributed by atoms with Crippen molar-refractivity contribution in [2.75, 3.05) is 5.73 Å². The lowest BCUT2D eigenvalue weighted by molar-refractivity contribution is -0.384. The maximum absolute atomic E-state index is 10.7. The Bertz CT molecular complexity index is 536. The zero-order valence-electron chi connectivity index (χ0n) is 9.28. The molecule has 0 aliphatic carbocycles. The summed E-state index contributed by atoms with van der Waals surface area (Å²) in [6.07, 6.45) is 1.18. The van der Waals surface area contributed by atoms with Crippen LogP contribution in [0.1, 0.15) is 18.5 Å². The van der Waals surface area contributed by atoms with Gasteiger partial charge in [0.05, 0.1) is 11.0 Å². The van der Waals surface area contributed by atoms with Gasteiger partial charge in [-0.1, -0.05) is 30.3 Å². The first-order chi connectivity index (χ1) is 8.11. The maximum atomic E-state index is 10.7. The molecule has 0 aliphatic rings. The maximum Gasteiger partial charge on any atom is 0.330 e. The van der Waals surface area contributed by atoms with Gasteiger partial charge in [0, 0.05) is 0 Å². The van der Waals surface area contributed by atoms with Gasteiger partial charge in [-0.15, -0.1) is 0 Å². The molecule has 0 saturated heterocycles. The molecular weight excluding hydrogens is 220 g/mol. The fourth-order valence-electron chi connectivity index (χ4n) is 1.68. The molecule has 0 bridgehead atoms. The highest BCUT2D eigenvalue weighted by Crippen LogP contribution is 2.26. The van der Waals surface area contributed by atoms with E-state index in [1.54, 1.807) is 0 Å². The van der Waals surface area contributed by atoms with Crippen LogP contribution >= 0.6 is 0 Å². The van der Waals surface area contributed by atoms with Gasteiger partial charge < -0.3 is 5.73 Å². The van der Waals surface area contributed by atoms with E-state index < -0.39 is 4.92 Å². The van der Waals surface area contributed by atoms with Crippen LogP contribution in [0.5, 0.6) is 0 Å². The molecule has 0 fully saturated rings. The zero-order valence-corrected chi connectivity index (χ0v) is 9.28. The predicted molar refractivity (Wildman–Crippen MR) is 63.5 cm³/mol. The highest BCUT2D eigenvalue weighted by Gasteiger charge is 2.21. The number of aromatic nitrogens is 2. The molecule has 88 valence electrons. The van der Waals surface area contributed by atoms with Gasteiger partial charge in [-0.2, -0.15) is 5.10 Å². The van der Waals surface area contributed by atoms with E-state index in [-0.39, 0.29) is 17.5 Å². The molecule has 0 spiro atoms. The molecule has 6 heteroatoms. The number of nitro groups is 1. The first kappa shape index (κ1) is 11.1. The van der Waals surface area contributed by atoms with Crippen molar-refractivity contribution in [3.63, 3.8) is 0 Å². The van der Waals surface area contributed by atoms with E-state index in [4.69, 9.17) is 5.73 Å². The van der Waals surface area contributed by atoms with E-state index in [2.05, 4.69) is 5.10 Å². The topological polar surface area (TPSA) is 87.0 Å². The molecule has 2 N–H and O–H groups in total. The molecule has 0 amide bonds. The molecule has 1 atom stereocenters. The van der Waals surface area contributed by atoms with Gasteiger partial charge >= 0.3 is 5.69 Å². The predicted octanol–water partition coefficient (Wildman–Crippen LogP) is 1.98. The van der Waals surface area contributed by atoms with Gasteiger partial charge in [0.2, 0.25) is 5.82 Å². The van der Waals surface area contributed by atoms with Gasteiger partial charge in [-0.25, -0.2) is 4.68 Å². The Kier molecular flexibility index (Phi) is 2.78.